The Labute approximate surface area is 118 Å². The van der Waals surface area contributed by atoms with E-state index in [1.807, 2.05) is 43.3 Å². The van der Waals surface area contributed by atoms with E-state index < -0.39 is 11.8 Å². The third-order valence-corrected chi connectivity index (χ3v) is 3.42. The number of carbonyl (C=O) groups is 2. The second-order valence-electron chi connectivity index (χ2n) is 4.73. The van der Waals surface area contributed by atoms with Crippen LogP contribution in [0.5, 0.6) is 0 Å². The maximum Gasteiger partial charge on any atom is 0.249 e. The quantitative estimate of drug-likeness (QED) is 0.893. The molecule has 1 atom stereocenters. The zero-order valence-corrected chi connectivity index (χ0v) is 11.6. The van der Waals surface area contributed by atoms with Crippen molar-refractivity contribution in [3.63, 3.8) is 0 Å². The molecular formula is C16H18N2O2. The number of hydrogen-bond acceptors (Lipinski definition) is 2. The summed E-state index contributed by atoms with van der Waals surface area (Å²) in [7, 11) is 0. The number of carbonyl (C=O) groups excluding carboxylic acids is 2. The van der Waals surface area contributed by atoms with Crippen molar-refractivity contribution in [1.82, 2.24) is 5.32 Å². The zero-order valence-electron chi connectivity index (χ0n) is 11.6. The van der Waals surface area contributed by atoms with Gasteiger partial charge in [-0.25, -0.2) is 0 Å². The number of hydrogen-bond donors (Lipinski definition) is 2. The third kappa shape index (κ3) is 2.50. The Morgan fingerprint density at radius 2 is 1.90 bits per heavy atom. The van der Waals surface area contributed by atoms with Crippen LogP contribution in [-0.4, -0.2) is 18.4 Å². The molecule has 0 radical (unpaired) electrons. The highest BCUT2D eigenvalue weighted by atomic mass is 16.2. The van der Waals surface area contributed by atoms with E-state index in [4.69, 9.17) is 5.73 Å². The molecule has 0 aliphatic carbocycles. The molecule has 0 aliphatic heterocycles. The standard InChI is InChI=1S/C16H18N2O2/c1-3-18-16(20)10(2)12-9-8-11-6-4-5-7-13(11)14(12)15(17)19/h4-10H,3H2,1-2H3,(H2,17,19)(H,18,20). The number of likely N-dealkylation sites (N-methyl/N-ethyl adjacent to an activating group) is 1. The van der Waals surface area contributed by atoms with Gasteiger partial charge in [0.2, 0.25) is 11.8 Å². The smallest absolute Gasteiger partial charge is 0.249 e. The molecule has 0 aromatic heterocycles. The van der Waals surface area contributed by atoms with Gasteiger partial charge < -0.3 is 11.1 Å². The van der Waals surface area contributed by atoms with Crippen LogP contribution in [0.25, 0.3) is 10.8 Å². The van der Waals surface area contributed by atoms with E-state index in [1.165, 1.54) is 0 Å². The van der Waals surface area contributed by atoms with Crippen molar-refractivity contribution in [2.75, 3.05) is 6.54 Å². The first-order valence-electron chi connectivity index (χ1n) is 6.65. The minimum atomic E-state index is -0.507. The van der Waals surface area contributed by atoms with Crippen LogP contribution in [0.3, 0.4) is 0 Å². The first-order valence-corrected chi connectivity index (χ1v) is 6.65. The lowest BCUT2D eigenvalue weighted by molar-refractivity contribution is -0.122. The van der Waals surface area contributed by atoms with Crippen LogP contribution in [0.15, 0.2) is 36.4 Å². The second-order valence-corrected chi connectivity index (χ2v) is 4.73. The van der Waals surface area contributed by atoms with Crippen LogP contribution in [0.1, 0.15) is 35.7 Å². The van der Waals surface area contributed by atoms with Gasteiger partial charge in [0.05, 0.1) is 11.5 Å². The number of benzene rings is 2. The van der Waals surface area contributed by atoms with Crippen molar-refractivity contribution in [2.24, 2.45) is 5.73 Å². The lowest BCUT2D eigenvalue weighted by Gasteiger charge is -2.16. The van der Waals surface area contributed by atoms with E-state index in [0.717, 1.165) is 10.8 Å². The van der Waals surface area contributed by atoms with Gasteiger partial charge in [0.1, 0.15) is 0 Å². The Balaban J connectivity index is 2.61. The molecule has 2 rings (SSSR count). The first-order chi connectivity index (χ1) is 9.56. The van der Waals surface area contributed by atoms with Gasteiger partial charge in [0.25, 0.3) is 0 Å². The Morgan fingerprint density at radius 3 is 2.55 bits per heavy atom. The van der Waals surface area contributed by atoms with Crippen molar-refractivity contribution < 1.29 is 9.59 Å². The van der Waals surface area contributed by atoms with Crippen molar-refractivity contribution in [2.45, 2.75) is 19.8 Å². The molecule has 4 heteroatoms. The Hall–Kier alpha value is -2.36. The summed E-state index contributed by atoms with van der Waals surface area (Å²) in [5.74, 6) is -1.03. The Morgan fingerprint density at radius 1 is 1.20 bits per heavy atom. The number of amides is 2. The van der Waals surface area contributed by atoms with Gasteiger partial charge in [-0.15, -0.1) is 0 Å². The van der Waals surface area contributed by atoms with Crippen LogP contribution in [0.2, 0.25) is 0 Å². The summed E-state index contributed by atoms with van der Waals surface area (Å²) in [6.07, 6.45) is 0. The first kappa shape index (κ1) is 14.1. The summed E-state index contributed by atoms with van der Waals surface area (Å²) in [5, 5.41) is 4.49. The van der Waals surface area contributed by atoms with E-state index in [-0.39, 0.29) is 5.91 Å². The van der Waals surface area contributed by atoms with E-state index in [2.05, 4.69) is 5.32 Å². The van der Waals surface area contributed by atoms with Crippen LogP contribution in [0.4, 0.5) is 0 Å². The van der Waals surface area contributed by atoms with Gasteiger partial charge in [-0.1, -0.05) is 36.4 Å². The highest BCUT2D eigenvalue weighted by molar-refractivity contribution is 6.08. The molecule has 0 aliphatic rings. The maximum absolute atomic E-state index is 12.0. The second kappa shape index (κ2) is 5.74. The molecule has 0 saturated heterocycles. The lowest BCUT2D eigenvalue weighted by Crippen LogP contribution is -2.29. The third-order valence-electron chi connectivity index (χ3n) is 3.42. The molecule has 0 heterocycles. The lowest BCUT2D eigenvalue weighted by atomic mass is 9.90. The zero-order chi connectivity index (χ0) is 14.7. The SMILES string of the molecule is CCNC(=O)C(C)c1ccc2ccccc2c1C(N)=O. The van der Waals surface area contributed by atoms with Gasteiger partial charge >= 0.3 is 0 Å². The normalized spacial score (nSPS) is 12.1. The molecule has 2 aromatic rings. The predicted molar refractivity (Wildman–Crippen MR) is 79.6 cm³/mol. The number of nitrogens with two attached hydrogens (primary N) is 1. The van der Waals surface area contributed by atoms with E-state index in [0.29, 0.717) is 17.7 Å². The average Bonchev–Trinajstić information content (AvgIpc) is 2.45. The Kier molecular flexibility index (Phi) is 4.03. The topological polar surface area (TPSA) is 72.2 Å². The largest absolute Gasteiger partial charge is 0.366 e. The Bertz CT molecular complexity index is 665. The summed E-state index contributed by atoms with van der Waals surface area (Å²) < 4.78 is 0. The molecule has 2 amide bonds. The van der Waals surface area contributed by atoms with Crippen LogP contribution in [0, 0.1) is 0 Å². The molecule has 3 N–H and O–H groups in total. The molecule has 2 aromatic carbocycles. The number of rotatable bonds is 4. The fourth-order valence-electron chi connectivity index (χ4n) is 2.39. The monoisotopic (exact) mass is 270 g/mol. The average molecular weight is 270 g/mol. The van der Waals surface area contributed by atoms with Crippen molar-refractivity contribution >= 4 is 22.6 Å². The fraction of sp³-hybridized carbons (Fsp3) is 0.250. The highest BCUT2D eigenvalue weighted by Crippen LogP contribution is 2.27. The van der Waals surface area contributed by atoms with Crippen LogP contribution >= 0.6 is 0 Å². The molecule has 0 spiro atoms. The molecule has 0 fully saturated rings. The summed E-state index contributed by atoms with van der Waals surface area (Å²) in [4.78, 5) is 23.8. The van der Waals surface area contributed by atoms with Gasteiger partial charge in [0, 0.05) is 6.54 Å². The summed E-state index contributed by atoms with van der Waals surface area (Å²) in [6, 6.07) is 11.2. The molecule has 104 valence electrons. The van der Waals surface area contributed by atoms with Crippen LogP contribution < -0.4 is 11.1 Å². The molecule has 20 heavy (non-hydrogen) atoms. The summed E-state index contributed by atoms with van der Waals surface area (Å²) >= 11 is 0. The molecular weight excluding hydrogens is 252 g/mol. The number of nitrogens with one attached hydrogen (secondary N) is 1. The molecule has 4 nitrogen and oxygen atoms in total. The van der Waals surface area contributed by atoms with Crippen LogP contribution in [-0.2, 0) is 4.79 Å². The summed E-state index contributed by atoms with van der Waals surface area (Å²) in [5.41, 5.74) is 6.62. The van der Waals surface area contributed by atoms with Crippen molar-refractivity contribution in [3.8, 4) is 0 Å². The maximum atomic E-state index is 12.0. The molecule has 1 unspecified atom stereocenters. The van der Waals surface area contributed by atoms with Gasteiger partial charge in [-0.3, -0.25) is 9.59 Å². The highest BCUT2D eigenvalue weighted by Gasteiger charge is 2.21. The van der Waals surface area contributed by atoms with Crippen molar-refractivity contribution in [1.29, 1.82) is 0 Å². The number of fused-ring (bicyclic) bond motifs is 1. The number of primary amides is 1. The summed E-state index contributed by atoms with van der Waals surface area (Å²) in [6.45, 7) is 4.20. The van der Waals surface area contributed by atoms with E-state index in [9.17, 15) is 9.59 Å². The minimum absolute atomic E-state index is 0.106. The molecule has 0 bridgehead atoms. The van der Waals surface area contributed by atoms with Crippen molar-refractivity contribution in [3.05, 3.63) is 47.5 Å². The fourth-order valence-corrected chi connectivity index (χ4v) is 2.39. The van der Waals surface area contributed by atoms with E-state index >= 15 is 0 Å². The molecule has 0 saturated carbocycles. The van der Waals surface area contributed by atoms with E-state index in [1.54, 1.807) is 6.92 Å². The minimum Gasteiger partial charge on any atom is -0.366 e. The van der Waals surface area contributed by atoms with Gasteiger partial charge in [-0.2, -0.15) is 0 Å². The van der Waals surface area contributed by atoms with Gasteiger partial charge in [-0.05, 0) is 30.2 Å². The van der Waals surface area contributed by atoms with Gasteiger partial charge in [0.15, 0.2) is 0 Å². The predicted octanol–water partition coefficient (Wildman–Crippen LogP) is 2.18.